The van der Waals surface area contributed by atoms with Gasteiger partial charge in [-0.2, -0.15) is 13.2 Å². The van der Waals surface area contributed by atoms with Gasteiger partial charge >= 0.3 is 5.51 Å². The van der Waals surface area contributed by atoms with Crippen LogP contribution < -0.4 is 10.6 Å². The van der Waals surface area contributed by atoms with Crippen molar-refractivity contribution < 1.29 is 18.0 Å². The quantitative estimate of drug-likeness (QED) is 0.841. The lowest BCUT2D eigenvalue weighted by Gasteiger charge is -2.24. The average Bonchev–Trinajstić information content (AvgIpc) is 2.38. The van der Waals surface area contributed by atoms with Gasteiger partial charge in [-0.1, -0.05) is 0 Å². The highest BCUT2D eigenvalue weighted by molar-refractivity contribution is 8.00. The number of pyridine rings is 1. The third kappa shape index (κ3) is 4.38. The molecule has 1 aliphatic rings. The maximum atomic E-state index is 12.4. The predicted octanol–water partition coefficient (Wildman–Crippen LogP) is 2.18. The topological polar surface area (TPSA) is 54.0 Å². The smallest absolute Gasteiger partial charge is 0.349 e. The van der Waals surface area contributed by atoms with E-state index in [1.54, 1.807) is 0 Å². The molecule has 0 spiro atoms. The molecule has 2 N–H and O–H groups in total. The minimum atomic E-state index is -4.46. The van der Waals surface area contributed by atoms with E-state index in [-0.39, 0.29) is 28.4 Å². The van der Waals surface area contributed by atoms with Crippen molar-refractivity contribution in [2.24, 2.45) is 0 Å². The number of carbonyl (C=O) groups excluding carboxylic acids is 1. The highest BCUT2D eigenvalue weighted by Gasteiger charge is 2.32. The largest absolute Gasteiger partial charge is 0.447 e. The molecule has 4 nitrogen and oxygen atoms in total. The lowest BCUT2D eigenvalue weighted by atomic mass is 10.1. The number of thioether (sulfide) groups is 1. The summed E-state index contributed by atoms with van der Waals surface area (Å²) in [5, 5.41) is 5.60. The lowest BCUT2D eigenvalue weighted by Crippen LogP contribution is -2.42. The van der Waals surface area contributed by atoms with Gasteiger partial charge in [0.25, 0.3) is 5.91 Å². The van der Waals surface area contributed by atoms with Crippen LogP contribution in [0.3, 0.4) is 0 Å². The van der Waals surface area contributed by atoms with Crippen LogP contribution in [0.25, 0.3) is 0 Å². The Bertz CT molecular complexity index is 475. The molecular weight excluding hydrogens is 291 g/mol. The molecule has 8 heteroatoms. The van der Waals surface area contributed by atoms with Crippen molar-refractivity contribution in [3.63, 3.8) is 0 Å². The van der Waals surface area contributed by atoms with E-state index >= 15 is 0 Å². The molecule has 1 aromatic rings. The summed E-state index contributed by atoms with van der Waals surface area (Å²) in [6.07, 6.45) is 2.79. The summed E-state index contributed by atoms with van der Waals surface area (Å²) in [5.74, 6) is -0.503. The third-order valence-corrected chi connectivity index (χ3v) is 3.65. The van der Waals surface area contributed by atoms with E-state index in [2.05, 4.69) is 15.6 Å². The van der Waals surface area contributed by atoms with Crippen LogP contribution in [0.1, 0.15) is 23.2 Å². The molecule has 2 heterocycles. The molecule has 2 rings (SSSR count). The Morgan fingerprint density at radius 2 is 2.10 bits per heavy atom. The van der Waals surface area contributed by atoms with Gasteiger partial charge in [0.15, 0.2) is 0 Å². The van der Waals surface area contributed by atoms with Crippen molar-refractivity contribution in [3.8, 4) is 0 Å². The van der Waals surface area contributed by atoms with Gasteiger partial charge in [-0.3, -0.25) is 4.79 Å². The number of nitrogens with zero attached hydrogens (tertiary/aromatic N) is 1. The predicted molar refractivity (Wildman–Crippen MR) is 69.5 cm³/mol. The fraction of sp³-hybridized carbons (Fsp3) is 0.500. The first-order valence-corrected chi connectivity index (χ1v) is 7.00. The summed E-state index contributed by atoms with van der Waals surface area (Å²) >= 11 is -0.367. The minimum Gasteiger partial charge on any atom is -0.349 e. The monoisotopic (exact) mass is 305 g/mol. The Balaban J connectivity index is 2.08. The molecule has 0 atom stereocenters. The van der Waals surface area contributed by atoms with Gasteiger partial charge < -0.3 is 10.6 Å². The second kappa shape index (κ2) is 6.45. The lowest BCUT2D eigenvalue weighted by molar-refractivity contribution is -0.0329. The molecule has 0 radical (unpaired) electrons. The molecule has 0 unspecified atom stereocenters. The van der Waals surface area contributed by atoms with E-state index in [4.69, 9.17) is 0 Å². The van der Waals surface area contributed by atoms with Gasteiger partial charge in [0, 0.05) is 24.0 Å². The standard InChI is InChI=1S/C12H14F3N3OS/c13-12(14,15)20-11-9(2-1-5-17-11)10(19)18-8-3-6-16-7-4-8/h1-2,5,8,16H,3-4,6-7H2,(H,18,19). The number of aromatic nitrogens is 1. The van der Waals surface area contributed by atoms with Crippen LogP contribution >= 0.6 is 11.8 Å². The Labute approximate surface area is 118 Å². The van der Waals surface area contributed by atoms with E-state index in [1.165, 1.54) is 18.3 Å². The van der Waals surface area contributed by atoms with E-state index in [9.17, 15) is 18.0 Å². The van der Waals surface area contributed by atoms with E-state index in [0.29, 0.717) is 0 Å². The van der Waals surface area contributed by atoms with Gasteiger partial charge in [-0.05, 0) is 38.1 Å². The Hall–Kier alpha value is -1.28. The molecular formula is C12H14F3N3OS. The van der Waals surface area contributed by atoms with Gasteiger partial charge in [0.2, 0.25) is 0 Å². The Morgan fingerprint density at radius 3 is 2.75 bits per heavy atom. The van der Waals surface area contributed by atoms with Crippen molar-refractivity contribution >= 4 is 17.7 Å². The number of hydrogen-bond donors (Lipinski definition) is 2. The Kier molecular flexibility index (Phi) is 4.87. The first-order chi connectivity index (χ1) is 9.46. The number of amides is 1. The SMILES string of the molecule is O=C(NC1CCNCC1)c1cccnc1SC(F)(F)F. The molecule has 20 heavy (non-hydrogen) atoms. The molecule has 1 aromatic heterocycles. The van der Waals surface area contributed by atoms with Crippen LogP contribution in [0.4, 0.5) is 13.2 Å². The van der Waals surface area contributed by atoms with Crippen molar-refractivity contribution in [2.45, 2.75) is 29.4 Å². The summed E-state index contributed by atoms with van der Waals surface area (Å²) in [6.45, 7) is 1.59. The molecule has 0 aliphatic carbocycles. The molecule has 0 aromatic carbocycles. The summed E-state index contributed by atoms with van der Waals surface area (Å²) in [4.78, 5) is 15.7. The second-order valence-corrected chi connectivity index (χ2v) is 5.46. The summed E-state index contributed by atoms with van der Waals surface area (Å²) < 4.78 is 37.3. The highest BCUT2D eigenvalue weighted by Crippen LogP contribution is 2.37. The maximum Gasteiger partial charge on any atom is 0.447 e. The van der Waals surface area contributed by atoms with Gasteiger partial charge in [-0.15, -0.1) is 0 Å². The highest BCUT2D eigenvalue weighted by atomic mass is 32.2. The van der Waals surface area contributed by atoms with Crippen molar-refractivity contribution in [3.05, 3.63) is 23.9 Å². The van der Waals surface area contributed by atoms with Crippen LogP contribution in [0.2, 0.25) is 0 Å². The van der Waals surface area contributed by atoms with E-state index < -0.39 is 11.4 Å². The number of piperidine rings is 1. The van der Waals surface area contributed by atoms with Crippen molar-refractivity contribution in [1.82, 2.24) is 15.6 Å². The van der Waals surface area contributed by atoms with Crippen molar-refractivity contribution in [2.75, 3.05) is 13.1 Å². The maximum absolute atomic E-state index is 12.4. The van der Waals surface area contributed by atoms with Crippen LogP contribution in [0.15, 0.2) is 23.4 Å². The molecule has 1 fully saturated rings. The fourth-order valence-electron chi connectivity index (χ4n) is 1.98. The number of alkyl halides is 3. The van der Waals surface area contributed by atoms with Crippen molar-refractivity contribution in [1.29, 1.82) is 0 Å². The van der Waals surface area contributed by atoms with Crippen LogP contribution in [0.5, 0.6) is 0 Å². The molecule has 0 bridgehead atoms. The average molecular weight is 305 g/mol. The second-order valence-electron chi connectivity index (χ2n) is 4.40. The molecule has 1 amide bonds. The van der Waals surface area contributed by atoms with Crippen LogP contribution in [0, 0.1) is 0 Å². The van der Waals surface area contributed by atoms with Crippen LogP contribution in [-0.4, -0.2) is 35.5 Å². The number of carbonyl (C=O) groups is 1. The number of rotatable bonds is 3. The first kappa shape index (κ1) is 15.1. The fourth-order valence-corrected chi connectivity index (χ4v) is 2.59. The first-order valence-electron chi connectivity index (χ1n) is 6.18. The molecule has 110 valence electrons. The van der Waals surface area contributed by atoms with Gasteiger partial charge in [0.1, 0.15) is 5.03 Å². The van der Waals surface area contributed by atoms with E-state index in [0.717, 1.165) is 25.9 Å². The molecule has 0 saturated carbocycles. The summed E-state index contributed by atoms with van der Waals surface area (Å²) in [5.41, 5.74) is -4.49. The zero-order valence-corrected chi connectivity index (χ0v) is 11.4. The van der Waals surface area contributed by atoms with Gasteiger partial charge in [-0.25, -0.2) is 4.98 Å². The number of nitrogens with one attached hydrogen (secondary N) is 2. The summed E-state index contributed by atoms with van der Waals surface area (Å²) in [6, 6.07) is 2.81. The minimum absolute atomic E-state index is 0.00677. The Morgan fingerprint density at radius 1 is 1.40 bits per heavy atom. The van der Waals surface area contributed by atoms with Crippen LogP contribution in [-0.2, 0) is 0 Å². The summed E-state index contributed by atoms with van der Waals surface area (Å²) in [7, 11) is 0. The van der Waals surface area contributed by atoms with Gasteiger partial charge in [0.05, 0.1) is 5.56 Å². The molecule has 1 aliphatic heterocycles. The van der Waals surface area contributed by atoms with E-state index in [1.807, 2.05) is 0 Å². The normalized spacial score (nSPS) is 16.9. The number of hydrogen-bond acceptors (Lipinski definition) is 4. The zero-order chi connectivity index (χ0) is 14.6. The molecule has 1 saturated heterocycles. The third-order valence-electron chi connectivity index (χ3n) is 2.90. The zero-order valence-electron chi connectivity index (χ0n) is 10.5. The number of halogens is 3.